The van der Waals surface area contributed by atoms with Crippen molar-refractivity contribution in [3.8, 4) is 5.75 Å². The van der Waals surface area contributed by atoms with E-state index in [9.17, 15) is 19.7 Å². The highest BCUT2D eigenvalue weighted by atomic mass is 35.5. The molecule has 26 heavy (non-hydrogen) atoms. The summed E-state index contributed by atoms with van der Waals surface area (Å²) in [5.74, 6) is -0.903. The summed E-state index contributed by atoms with van der Waals surface area (Å²) in [5.41, 5.74) is 5.86. The van der Waals surface area contributed by atoms with Gasteiger partial charge in [-0.25, -0.2) is 0 Å². The Morgan fingerprint density at radius 3 is 2.62 bits per heavy atom. The average molecular weight is 378 g/mol. The zero-order chi connectivity index (χ0) is 19.3. The van der Waals surface area contributed by atoms with E-state index in [0.717, 1.165) is 6.07 Å². The highest BCUT2D eigenvalue weighted by Gasteiger charge is 2.21. The van der Waals surface area contributed by atoms with Crippen molar-refractivity contribution < 1.29 is 19.2 Å². The second-order valence-electron chi connectivity index (χ2n) is 5.41. The summed E-state index contributed by atoms with van der Waals surface area (Å²) in [4.78, 5) is 34.2. The molecule has 0 saturated carbocycles. The fourth-order valence-electron chi connectivity index (χ4n) is 2.30. The number of rotatable bonds is 7. The first-order chi connectivity index (χ1) is 12.3. The predicted molar refractivity (Wildman–Crippen MR) is 95.3 cm³/mol. The number of hydrogen-bond acceptors (Lipinski definition) is 5. The van der Waals surface area contributed by atoms with Crippen LogP contribution in [0, 0.1) is 10.1 Å². The summed E-state index contributed by atoms with van der Waals surface area (Å²) in [6.45, 7) is 0. The molecule has 8 nitrogen and oxygen atoms in total. The van der Waals surface area contributed by atoms with Crippen molar-refractivity contribution in [2.45, 2.75) is 12.5 Å². The molecule has 0 fully saturated rings. The van der Waals surface area contributed by atoms with E-state index in [2.05, 4.69) is 5.32 Å². The van der Waals surface area contributed by atoms with E-state index in [4.69, 9.17) is 22.1 Å². The Morgan fingerprint density at radius 2 is 2.04 bits per heavy atom. The highest BCUT2D eigenvalue weighted by molar-refractivity contribution is 6.32. The summed E-state index contributed by atoms with van der Waals surface area (Å²) < 4.78 is 5.06. The van der Waals surface area contributed by atoms with Crippen LogP contribution in [-0.4, -0.2) is 29.9 Å². The number of ether oxygens (including phenoxy) is 1. The third kappa shape index (κ3) is 4.70. The number of nitrogens with one attached hydrogen (secondary N) is 1. The lowest BCUT2D eigenvalue weighted by Gasteiger charge is -2.16. The molecule has 9 heteroatoms. The Bertz CT molecular complexity index is 856. The Hall–Kier alpha value is -3.13. The predicted octanol–water partition coefficient (Wildman–Crippen LogP) is 2.08. The molecular formula is C17H16ClN3O5. The van der Waals surface area contributed by atoms with E-state index in [1.165, 1.54) is 25.3 Å². The molecule has 3 N–H and O–H groups in total. The number of amides is 2. The third-order valence-corrected chi connectivity index (χ3v) is 3.92. The molecule has 0 spiro atoms. The molecule has 0 aromatic heterocycles. The summed E-state index contributed by atoms with van der Waals surface area (Å²) >= 11 is 6.05. The van der Waals surface area contributed by atoms with Crippen LogP contribution in [0.4, 0.5) is 5.69 Å². The fraction of sp³-hybridized carbons (Fsp3) is 0.176. The number of methoxy groups -OCH3 is 1. The van der Waals surface area contributed by atoms with Crippen molar-refractivity contribution in [1.29, 1.82) is 0 Å². The Morgan fingerprint density at radius 1 is 1.31 bits per heavy atom. The van der Waals surface area contributed by atoms with Crippen LogP contribution in [0.3, 0.4) is 0 Å². The minimum Gasteiger partial charge on any atom is -0.495 e. The van der Waals surface area contributed by atoms with Gasteiger partial charge in [0.05, 0.1) is 17.1 Å². The number of nitro groups is 1. The van der Waals surface area contributed by atoms with Gasteiger partial charge >= 0.3 is 0 Å². The van der Waals surface area contributed by atoms with Gasteiger partial charge in [0.25, 0.3) is 11.6 Å². The van der Waals surface area contributed by atoms with Crippen molar-refractivity contribution in [2.24, 2.45) is 5.73 Å². The molecule has 0 heterocycles. The highest BCUT2D eigenvalue weighted by Crippen LogP contribution is 2.25. The molecule has 0 unspecified atom stereocenters. The van der Waals surface area contributed by atoms with Crippen LogP contribution in [0.1, 0.15) is 15.9 Å². The Kier molecular flexibility index (Phi) is 6.13. The molecule has 0 aliphatic heterocycles. The molecule has 0 radical (unpaired) electrons. The van der Waals surface area contributed by atoms with Crippen molar-refractivity contribution in [3.63, 3.8) is 0 Å². The Labute approximate surface area is 154 Å². The van der Waals surface area contributed by atoms with Gasteiger partial charge in [-0.3, -0.25) is 19.7 Å². The molecule has 2 rings (SSSR count). The maximum absolute atomic E-state index is 12.3. The molecule has 2 aromatic carbocycles. The minimum absolute atomic E-state index is 0.0539. The number of hydrogen-bond donors (Lipinski definition) is 2. The Balaban J connectivity index is 2.16. The van der Waals surface area contributed by atoms with Gasteiger partial charge in [0.15, 0.2) is 0 Å². The number of nitro benzene ring substituents is 1. The van der Waals surface area contributed by atoms with Crippen LogP contribution in [0.15, 0.2) is 42.5 Å². The second-order valence-corrected chi connectivity index (χ2v) is 5.82. The molecule has 1 atom stereocenters. The fourth-order valence-corrected chi connectivity index (χ4v) is 2.58. The standard InChI is InChI=1S/C17H16ClN3O5/c1-26-15-6-5-10(7-13(15)18)8-14(16(19)22)20-17(23)11-3-2-4-12(9-11)21(24)25/h2-7,9,14H,8H2,1H3,(H2,19,22)(H,20,23)/t14-/m1/s1. The van der Waals surface area contributed by atoms with E-state index >= 15 is 0 Å². The lowest BCUT2D eigenvalue weighted by Crippen LogP contribution is -2.45. The van der Waals surface area contributed by atoms with Gasteiger partial charge in [-0.05, 0) is 23.8 Å². The van der Waals surface area contributed by atoms with Gasteiger partial charge in [0.1, 0.15) is 11.8 Å². The van der Waals surface area contributed by atoms with Crippen molar-refractivity contribution in [3.05, 3.63) is 68.7 Å². The number of nitrogens with two attached hydrogens (primary N) is 1. The van der Waals surface area contributed by atoms with Crippen molar-refractivity contribution >= 4 is 29.1 Å². The number of carbonyl (C=O) groups excluding carboxylic acids is 2. The number of non-ortho nitro benzene ring substituents is 1. The number of benzene rings is 2. The van der Waals surface area contributed by atoms with Gasteiger partial charge in [-0.2, -0.15) is 0 Å². The first-order valence-corrected chi connectivity index (χ1v) is 7.86. The molecule has 0 aliphatic rings. The summed E-state index contributed by atoms with van der Waals surface area (Å²) in [6, 6.07) is 9.11. The lowest BCUT2D eigenvalue weighted by molar-refractivity contribution is -0.384. The largest absolute Gasteiger partial charge is 0.495 e. The van der Waals surface area contributed by atoms with Gasteiger partial charge in [-0.15, -0.1) is 0 Å². The number of carbonyl (C=O) groups is 2. The molecule has 2 aromatic rings. The maximum atomic E-state index is 12.3. The van der Waals surface area contributed by atoms with Gasteiger partial charge in [0, 0.05) is 24.1 Å². The minimum atomic E-state index is -1.01. The van der Waals surface area contributed by atoms with Crippen LogP contribution < -0.4 is 15.8 Å². The average Bonchev–Trinajstić information content (AvgIpc) is 2.61. The maximum Gasteiger partial charge on any atom is 0.270 e. The third-order valence-electron chi connectivity index (χ3n) is 3.62. The van der Waals surface area contributed by atoms with Crippen molar-refractivity contribution in [1.82, 2.24) is 5.32 Å². The molecular weight excluding hydrogens is 362 g/mol. The number of primary amides is 1. The van der Waals surface area contributed by atoms with Gasteiger partial charge < -0.3 is 15.8 Å². The van der Waals surface area contributed by atoms with Crippen LogP contribution in [-0.2, 0) is 11.2 Å². The molecule has 0 bridgehead atoms. The zero-order valence-electron chi connectivity index (χ0n) is 13.8. The second kappa shape index (κ2) is 8.30. The first-order valence-electron chi connectivity index (χ1n) is 7.49. The van der Waals surface area contributed by atoms with Crippen LogP contribution >= 0.6 is 11.6 Å². The molecule has 0 aliphatic carbocycles. The number of nitrogens with zero attached hydrogens (tertiary/aromatic N) is 1. The van der Waals surface area contributed by atoms with Crippen LogP contribution in [0.5, 0.6) is 5.75 Å². The zero-order valence-corrected chi connectivity index (χ0v) is 14.5. The topological polar surface area (TPSA) is 125 Å². The smallest absolute Gasteiger partial charge is 0.270 e. The molecule has 136 valence electrons. The normalized spacial score (nSPS) is 11.5. The monoisotopic (exact) mass is 377 g/mol. The van der Waals surface area contributed by atoms with Gasteiger partial charge in [0.2, 0.25) is 5.91 Å². The summed E-state index contributed by atoms with van der Waals surface area (Å²) in [7, 11) is 1.48. The van der Waals surface area contributed by atoms with Gasteiger partial charge in [-0.1, -0.05) is 23.7 Å². The van der Waals surface area contributed by atoms with Crippen molar-refractivity contribution in [2.75, 3.05) is 7.11 Å². The summed E-state index contributed by atoms with van der Waals surface area (Å²) in [6.07, 6.45) is 0.111. The number of halogens is 1. The van der Waals surface area contributed by atoms with E-state index in [1.807, 2.05) is 0 Å². The molecule has 0 saturated heterocycles. The van der Waals surface area contributed by atoms with E-state index in [0.29, 0.717) is 16.3 Å². The lowest BCUT2D eigenvalue weighted by atomic mass is 10.0. The first kappa shape index (κ1) is 19.2. The quantitative estimate of drug-likeness (QED) is 0.564. The van der Waals surface area contributed by atoms with E-state index in [1.54, 1.807) is 18.2 Å². The van der Waals surface area contributed by atoms with Crippen LogP contribution in [0.25, 0.3) is 0 Å². The SMILES string of the molecule is COc1ccc(C[C@@H](NC(=O)c2cccc([N+](=O)[O-])c2)C(N)=O)cc1Cl. The van der Waals surface area contributed by atoms with E-state index < -0.39 is 22.8 Å². The summed E-state index contributed by atoms with van der Waals surface area (Å²) in [5, 5.41) is 13.7. The molecule has 2 amide bonds. The van der Waals surface area contributed by atoms with E-state index in [-0.39, 0.29) is 17.7 Å². The van der Waals surface area contributed by atoms with Crippen LogP contribution in [0.2, 0.25) is 5.02 Å².